The zero-order valence-corrected chi connectivity index (χ0v) is 12.1. The Hall–Kier alpha value is -1.00. The van der Waals surface area contributed by atoms with Gasteiger partial charge in [-0.1, -0.05) is 6.07 Å². The maximum Gasteiger partial charge on any atom is 0.133 e. The summed E-state index contributed by atoms with van der Waals surface area (Å²) in [6, 6.07) is 10.5. The molecule has 90 valence electrons. The van der Waals surface area contributed by atoms with Gasteiger partial charge in [-0.05, 0) is 52.5 Å². The van der Waals surface area contributed by atoms with E-state index in [0.29, 0.717) is 6.04 Å². The maximum absolute atomic E-state index is 5.20. The first kappa shape index (κ1) is 12.5. The van der Waals surface area contributed by atoms with E-state index in [1.165, 1.54) is 4.88 Å². The standard InChI is InChI=1S/C13H14BrNOS/c1-9(13-4-3-7-17-13)15-10-5-6-12(16-2)11(14)8-10/h3-9,15H,1-2H3. The first-order valence-corrected chi connectivity index (χ1v) is 7.01. The lowest BCUT2D eigenvalue weighted by atomic mass is 10.2. The molecular weight excluding hydrogens is 298 g/mol. The monoisotopic (exact) mass is 311 g/mol. The van der Waals surface area contributed by atoms with Crippen LogP contribution in [0.2, 0.25) is 0 Å². The number of methoxy groups -OCH3 is 1. The lowest BCUT2D eigenvalue weighted by Crippen LogP contribution is -2.04. The predicted octanol–water partition coefficient (Wildman–Crippen LogP) is 4.69. The minimum absolute atomic E-state index is 0.315. The Morgan fingerprint density at radius 3 is 2.76 bits per heavy atom. The summed E-state index contributed by atoms with van der Waals surface area (Å²) in [4.78, 5) is 1.33. The van der Waals surface area contributed by atoms with Crippen molar-refractivity contribution in [1.82, 2.24) is 0 Å². The topological polar surface area (TPSA) is 21.3 Å². The van der Waals surface area contributed by atoms with Gasteiger partial charge in [0.1, 0.15) is 5.75 Å². The molecule has 1 N–H and O–H groups in total. The Kier molecular flexibility index (Phi) is 4.07. The maximum atomic E-state index is 5.20. The molecule has 1 atom stereocenters. The lowest BCUT2D eigenvalue weighted by Gasteiger charge is -2.14. The molecule has 0 radical (unpaired) electrons. The summed E-state index contributed by atoms with van der Waals surface area (Å²) in [5.74, 6) is 0.847. The van der Waals surface area contributed by atoms with Gasteiger partial charge >= 0.3 is 0 Å². The van der Waals surface area contributed by atoms with E-state index in [1.807, 2.05) is 18.2 Å². The molecule has 0 saturated heterocycles. The number of thiophene rings is 1. The summed E-state index contributed by atoms with van der Waals surface area (Å²) >= 11 is 5.25. The molecule has 0 spiro atoms. The zero-order valence-electron chi connectivity index (χ0n) is 9.74. The van der Waals surface area contributed by atoms with Crippen molar-refractivity contribution >= 4 is 33.0 Å². The average Bonchev–Trinajstić information content (AvgIpc) is 2.82. The molecule has 2 aromatic rings. The number of anilines is 1. The third-order valence-electron chi connectivity index (χ3n) is 2.50. The highest BCUT2D eigenvalue weighted by Crippen LogP contribution is 2.30. The van der Waals surface area contributed by atoms with Crippen molar-refractivity contribution < 1.29 is 4.74 Å². The van der Waals surface area contributed by atoms with E-state index >= 15 is 0 Å². The van der Waals surface area contributed by atoms with Crippen molar-refractivity contribution in [2.75, 3.05) is 12.4 Å². The molecule has 2 rings (SSSR count). The van der Waals surface area contributed by atoms with Gasteiger partial charge in [-0.3, -0.25) is 0 Å². The molecule has 0 aliphatic heterocycles. The normalized spacial score (nSPS) is 12.2. The first-order chi connectivity index (χ1) is 8.20. The van der Waals surface area contributed by atoms with Crippen LogP contribution in [0.5, 0.6) is 5.75 Å². The summed E-state index contributed by atoms with van der Waals surface area (Å²) in [6.07, 6.45) is 0. The molecule has 0 aliphatic carbocycles. The molecule has 1 aromatic carbocycles. The number of hydrogen-bond donors (Lipinski definition) is 1. The van der Waals surface area contributed by atoms with Crippen molar-refractivity contribution in [2.24, 2.45) is 0 Å². The molecule has 0 aliphatic rings. The van der Waals surface area contributed by atoms with E-state index in [-0.39, 0.29) is 0 Å². The Morgan fingerprint density at radius 2 is 2.18 bits per heavy atom. The minimum atomic E-state index is 0.315. The number of ether oxygens (including phenoxy) is 1. The highest BCUT2D eigenvalue weighted by Gasteiger charge is 2.07. The molecule has 17 heavy (non-hydrogen) atoms. The Labute approximate surface area is 114 Å². The summed E-state index contributed by atoms with van der Waals surface area (Å²) < 4.78 is 6.17. The molecular formula is C13H14BrNOS. The second-order valence-corrected chi connectivity index (χ2v) is 5.56. The van der Waals surface area contributed by atoms with Crippen molar-refractivity contribution in [3.63, 3.8) is 0 Å². The van der Waals surface area contributed by atoms with Gasteiger partial charge in [0, 0.05) is 10.6 Å². The van der Waals surface area contributed by atoms with E-state index in [9.17, 15) is 0 Å². The van der Waals surface area contributed by atoms with Crippen LogP contribution in [0.1, 0.15) is 17.8 Å². The average molecular weight is 312 g/mol. The summed E-state index contributed by atoms with van der Waals surface area (Å²) in [7, 11) is 1.67. The van der Waals surface area contributed by atoms with Crippen LogP contribution in [0.15, 0.2) is 40.2 Å². The van der Waals surface area contributed by atoms with Gasteiger partial charge in [-0.2, -0.15) is 0 Å². The van der Waals surface area contributed by atoms with Crippen LogP contribution in [0.3, 0.4) is 0 Å². The Balaban J connectivity index is 2.11. The fourth-order valence-corrected chi connectivity index (χ4v) is 2.89. The smallest absolute Gasteiger partial charge is 0.133 e. The number of benzene rings is 1. The highest BCUT2D eigenvalue weighted by atomic mass is 79.9. The molecule has 0 bridgehead atoms. The van der Waals surface area contributed by atoms with E-state index in [0.717, 1.165) is 15.9 Å². The molecule has 0 saturated carbocycles. The highest BCUT2D eigenvalue weighted by molar-refractivity contribution is 9.10. The summed E-state index contributed by atoms with van der Waals surface area (Å²) in [5.41, 5.74) is 1.08. The molecule has 1 unspecified atom stereocenters. The fourth-order valence-electron chi connectivity index (χ4n) is 1.61. The predicted molar refractivity (Wildman–Crippen MR) is 77.1 cm³/mol. The van der Waals surface area contributed by atoms with E-state index in [4.69, 9.17) is 4.74 Å². The Bertz CT molecular complexity index is 484. The number of hydrogen-bond acceptors (Lipinski definition) is 3. The SMILES string of the molecule is COc1ccc(NC(C)c2cccs2)cc1Br. The van der Waals surface area contributed by atoms with Crippen LogP contribution >= 0.6 is 27.3 Å². The van der Waals surface area contributed by atoms with Gasteiger partial charge in [-0.25, -0.2) is 0 Å². The number of nitrogens with one attached hydrogen (secondary N) is 1. The van der Waals surface area contributed by atoms with Gasteiger partial charge in [0.05, 0.1) is 17.6 Å². The Morgan fingerprint density at radius 1 is 1.35 bits per heavy atom. The molecule has 1 aromatic heterocycles. The van der Waals surface area contributed by atoms with Gasteiger partial charge in [0.2, 0.25) is 0 Å². The third-order valence-corrected chi connectivity index (χ3v) is 4.18. The van der Waals surface area contributed by atoms with Crippen LogP contribution in [-0.4, -0.2) is 7.11 Å². The van der Waals surface area contributed by atoms with Crippen molar-refractivity contribution in [1.29, 1.82) is 0 Å². The molecule has 2 nitrogen and oxygen atoms in total. The minimum Gasteiger partial charge on any atom is -0.496 e. The largest absolute Gasteiger partial charge is 0.496 e. The second-order valence-electron chi connectivity index (χ2n) is 3.73. The van der Waals surface area contributed by atoms with Crippen molar-refractivity contribution in [2.45, 2.75) is 13.0 Å². The van der Waals surface area contributed by atoms with Crippen LogP contribution in [0.4, 0.5) is 5.69 Å². The van der Waals surface area contributed by atoms with Gasteiger partial charge < -0.3 is 10.1 Å². The zero-order chi connectivity index (χ0) is 12.3. The van der Waals surface area contributed by atoms with E-state index in [1.54, 1.807) is 18.4 Å². The number of rotatable bonds is 4. The molecule has 0 fully saturated rings. The third kappa shape index (κ3) is 3.01. The van der Waals surface area contributed by atoms with Gasteiger partial charge in [-0.15, -0.1) is 11.3 Å². The first-order valence-electron chi connectivity index (χ1n) is 5.34. The van der Waals surface area contributed by atoms with Crippen LogP contribution in [-0.2, 0) is 0 Å². The van der Waals surface area contributed by atoms with E-state index < -0.39 is 0 Å². The molecule has 1 heterocycles. The van der Waals surface area contributed by atoms with E-state index in [2.05, 4.69) is 45.7 Å². The van der Waals surface area contributed by atoms with Crippen LogP contribution in [0.25, 0.3) is 0 Å². The van der Waals surface area contributed by atoms with Gasteiger partial charge in [0.15, 0.2) is 0 Å². The van der Waals surface area contributed by atoms with Crippen LogP contribution in [0, 0.1) is 0 Å². The quantitative estimate of drug-likeness (QED) is 0.884. The molecule has 0 amide bonds. The molecule has 4 heteroatoms. The van der Waals surface area contributed by atoms with Crippen LogP contribution < -0.4 is 10.1 Å². The second kappa shape index (κ2) is 5.56. The summed E-state index contributed by atoms with van der Waals surface area (Å²) in [6.45, 7) is 2.16. The number of halogens is 1. The van der Waals surface area contributed by atoms with Crippen molar-refractivity contribution in [3.05, 3.63) is 45.1 Å². The lowest BCUT2D eigenvalue weighted by molar-refractivity contribution is 0.412. The fraction of sp³-hybridized carbons (Fsp3) is 0.231. The van der Waals surface area contributed by atoms with Gasteiger partial charge in [0.25, 0.3) is 0 Å². The van der Waals surface area contributed by atoms with Crippen molar-refractivity contribution in [3.8, 4) is 5.75 Å². The summed E-state index contributed by atoms with van der Waals surface area (Å²) in [5, 5.41) is 5.56.